The number of nitrogens with one attached hydrogen (secondary N) is 1. The first kappa shape index (κ1) is 14.9. The van der Waals surface area contributed by atoms with Crippen LogP contribution in [-0.2, 0) is 4.79 Å². The summed E-state index contributed by atoms with van der Waals surface area (Å²) in [6.07, 6.45) is 0. The third-order valence-electron chi connectivity index (χ3n) is 2.29. The first-order valence-electron chi connectivity index (χ1n) is 4.82. The summed E-state index contributed by atoms with van der Waals surface area (Å²) in [5.74, 6) is -0.870. The van der Waals surface area contributed by atoms with Crippen molar-refractivity contribution < 1.29 is 9.18 Å². The highest BCUT2D eigenvalue weighted by Crippen LogP contribution is 2.11. The van der Waals surface area contributed by atoms with Crippen LogP contribution in [0.2, 0.25) is 0 Å². The molecule has 0 saturated carbocycles. The van der Waals surface area contributed by atoms with Crippen LogP contribution in [0.15, 0.2) is 24.3 Å². The van der Waals surface area contributed by atoms with Gasteiger partial charge < -0.3 is 11.1 Å². The molecule has 0 bridgehead atoms. The number of carbonyl (C=O) groups is 1. The van der Waals surface area contributed by atoms with Gasteiger partial charge in [0, 0.05) is 11.7 Å². The van der Waals surface area contributed by atoms with Crippen LogP contribution < -0.4 is 11.1 Å². The molecule has 0 heterocycles. The Bertz CT molecular complexity index is 358. The molecule has 3 nitrogen and oxygen atoms in total. The molecule has 2 atom stereocenters. The maximum absolute atomic E-state index is 12.8. The third kappa shape index (κ3) is 4.16. The van der Waals surface area contributed by atoms with Gasteiger partial charge in [-0.3, -0.25) is 4.79 Å². The van der Waals surface area contributed by atoms with Crippen molar-refractivity contribution in [3.63, 3.8) is 0 Å². The van der Waals surface area contributed by atoms with Gasteiger partial charge in [0.15, 0.2) is 0 Å². The molecule has 0 fully saturated rings. The minimum atomic E-state index is -0.374. The predicted octanol–water partition coefficient (Wildman–Crippen LogP) is 2.17. The number of hydrogen-bond donors (Lipinski definition) is 2. The molecule has 1 aromatic rings. The summed E-state index contributed by atoms with van der Waals surface area (Å²) in [5.41, 5.74) is 6.04. The van der Waals surface area contributed by atoms with E-state index < -0.39 is 0 Å². The molecule has 16 heavy (non-hydrogen) atoms. The van der Waals surface area contributed by atoms with Crippen LogP contribution >= 0.6 is 12.4 Å². The quantitative estimate of drug-likeness (QED) is 0.859. The molecule has 1 rings (SSSR count). The zero-order valence-electron chi connectivity index (χ0n) is 9.24. The molecule has 0 aromatic heterocycles. The van der Waals surface area contributed by atoms with E-state index in [4.69, 9.17) is 5.73 Å². The number of hydrogen-bond acceptors (Lipinski definition) is 2. The lowest BCUT2D eigenvalue weighted by Crippen LogP contribution is -2.34. The highest BCUT2D eigenvalue weighted by molar-refractivity contribution is 5.92. The zero-order chi connectivity index (χ0) is 11.4. The number of amides is 1. The molecular formula is C11H16ClFN2O. The van der Waals surface area contributed by atoms with Gasteiger partial charge in [-0.1, -0.05) is 13.0 Å². The number of rotatable bonds is 3. The minimum absolute atomic E-state index is 0. The Morgan fingerprint density at radius 3 is 2.56 bits per heavy atom. The maximum atomic E-state index is 12.8. The maximum Gasteiger partial charge on any atom is 0.228 e. The molecule has 0 aliphatic rings. The van der Waals surface area contributed by atoms with E-state index >= 15 is 0 Å². The molecule has 0 saturated heterocycles. The van der Waals surface area contributed by atoms with Crippen molar-refractivity contribution in [2.75, 3.05) is 5.32 Å². The van der Waals surface area contributed by atoms with Crippen LogP contribution in [-0.4, -0.2) is 11.9 Å². The Balaban J connectivity index is 0.00000225. The molecule has 3 N–H and O–H groups in total. The van der Waals surface area contributed by atoms with E-state index in [9.17, 15) is 9.18 Å². The molecule has 1 amide bonds. The fraction of sp³-hybridized carbons (Fsp3) is 0.364. The van der Waals surface area contributed by atoms with Crippen LogP contribution in [0.25, 0.3) is 0 Å². The van der Waals surface area contributed by atoms with E-state index in [1.54, 1.807) is 26.0 Å². The lowest BCUT2D eigenvalue weighted by atomic mass is 10.0. The van der Waals surface area contributed by atoms with Crippen molar-refractivity contribution in [1.29, 1.82) is 0 Å². The van der Waals surface area contributed by atoms with Crippen LogP contribution in [0, 0.1) is 11.7 Å². The summed E-state index contributed by atoms with van der Waals surface area (Å²) >= 11 is 0. The Kier molecular flexibility index (Phi) is 6.00. The minimum Gasteiger partial charge on any atom is -0.327 e. The van der Waals surface area contributed by atoms with Crippen molar-refractivity contribution >= 4 is 24.0 Å². The van der Waals surface area contributed by atoms with Gasteiger partial charge in [-0.15, -0.1) is 12.4 Å². The van der Waals surface area contributed by atoms with E-state index in [1.165, 1.54) is 12.1 Å². The second-order valence-electron chi connectivity index (χ2n) is 3.65. The number of anilines is 1. The third-order valence-corrected chi connectivity index (χ3v) is 2.29. The van der Waals surface area contributed by atoms with Gasteiger partial charge in [-0.25, -0.2) is 4.39 Å². The van der Waals surface area contributed by atoms with Crippen molar-refractivity contribution in [2.45, 2.75) is 19.9 Å². The lowest BCUT2D eigenvalue weighted by molar-refractivity contribution is -0.119. The predicted molar refractivity (Wildman–Crippen MR) is 65.1 cm³/mol. The van der Waals surface area contributed by atoms with Gasteiger partial charge in [0.1, 0.15) is 5.82 Å². The van der Waals surface area contributed by atoms with Gasteiger partial charge in [0.2, 0.25) is 5.91 Å². The van der Waals surface area contributed by atoms with Crippen molar-refractivity contribution in [2.24, 2.45) is 11.7 Å². The topological polar surface area (TPSA) is 55.1 Å². The smallest absolute Gasteiger partial charge is 0.228 e. The van der Waals surface area contributed by atoms with E-state index in [2.05, 4.69) is 5.32 Å². The Morgan fingerprint density at radius 2 is 2.06 bits per heavy atom. The Morgan fingerprint density at radius 1 is 1.44 bits per heavy atom. The Hall–Kier alpha value is -1.13. The van der Waals surface area contributed by atoms with Crippen LogP contribution in [0.5, 0.6) is 0 Å². The molecule has 0 radical (unpaired) electrons. The highest BCUT2D eigenvalue weighted by Gasteiger charge is 2.16. The number of halogens is 2. The van der Waals surface area contributed by atoms with Crippen molar-refractivity contribution in [3.05, 3.63) is 30.1 Å². The first-order chi connectivity index (χ1) is 7.00. The molecule has 0 aliphatic carbocycles. The van der Waals surface area contributed by atoms with Crippen molar-refractivity contribution in [1.82, 2.24) is 0 Å². The molecule has 0 spiro atoms. The number of benzene rings is 1. The molecule has 2 unspecified atom stereocenters. The zero-order valence-corrected chi connectivity index (χ0v) is 10.1. The monoisotopic (exact) mass is 246 g/mol. The van der Waals surface area contributed by atoms with Crippen LogP contribution in [0.1, 0.15) is 13.8 Å². The Labute approximate surface area is 101 Å². The van der Waals surface area contributed by atoms with Gasteiger partial charge in [-0.2, -0.15) is 0 Å². The summed E-state index contributed by atoms with van der Waals surface area (Å²) in [5, 5.41) is 2.60. The fourth-order valence-electron chi connectivity index (χ4n) is 1.06. The summed E-state index contributed by atoms with van der Waals surface area (Å²) in [7, 11) is 0. The van der Waals surface area contributed by atoms with Crippen LogP contribution in [0.4, 0.5) is 10.1 Å². The van der Waals surface area contributed by atoms with Crippen LogP contribution in [0.3, 0.4) is 0 Å². The molecule has 0 aliphatic heterocycles. The number of nitrogens with two attached hydrogens (primary N) is 1. The highest BCUT2D eigenvalue weighted by atomic mass is 35.5. The van der Waals surface area contributed by atoms with Gasteiger partial charge in [0.05, 0.1) is 5.92 Å². The standard InChI is InChI=1S/C11H15FN2O.ClH/c1-7(8(2)13)11(15)14-10-5-3-4-9(12)6-10;/h3-8H,13H2,1-2H3,(H,14,15);1H. The second kappa shape index (κ2) is 6.45. The average molecular weight is 247 g/mol. The summed E-state index contributed by atoms with van der Waals surface area (Å²) in [6.45, 7) is 3.50. The summed E-state index contributed by atoms with van der Waals surface area (Å²) in [6, 6.07) is 5.55. The first-order valence-corrected chi connectivity index (χ1v) is 4.82. The lowest BCUT2D eigenvalue weighted by Gasteiger charge is -2.15. The SMILES string of the molecule is CC(N)C(C)C(=O)Nc1cccc(F)c1.Cl. The van der Waals surface area contributed by atoms with E-state index in [1.807, 2.05) is 0 Å². The summed E-state index contributed by atoms with van der Waals surface area (Å²) in [4.78, 5) is 11.6. The van der Waals surface area contributed by atoms with Gasteiger partial charge >= 0.3 is 0 Å². The largest absolute Gasteiger partial charge is 0.327 e. The van der Waals surface area contributed by atoms with E-state index in [-0.39, 0.29) is 36.1 Å². The van der Waals surface area contributed by atoms with Crippen molar-refractivity contribution in [3.8, 4) is 0 Å². The summed E-state index contributed by atoms with van der Waals surface area (Å²) < 4.78 is 12.8. The molecule has 1 aromatic carbocycles. The second-order valence-corrected chi connectivity index (χ2v) is 3.65. The fourth-order valence-corrected chi connectivity index (χ4v) is 1.06. The molecule has 5 heteroatoms. The normalized spacial score (nSPS) is 13.5. The number of carbonyl (C=O) groups excluding carboxylic acids is 1. The van der Waals surface area contributed by atoms with E-state index in [0.29, 0.717) is 5.69 Å². The van der Waals surface area contributed by atoms with Gasteiger partial charge in [-0.05, 0) is 25.1 Å². The molecule has 90 valence electrons. The van der Waals surface area contributed by atoms with Gasteiger partial charge in [0.25, 0.3) is 0 Å². The molecular weight excluding hydrogens is 231 g/mol. The average Bonchev–Trinajstić information content (AvgIpc) is 2.16. The van der Waals surface area contributed by atoms with E-state index in [0.717, 1.165) is 0 Å².